The Balaban J connectivity index is 4.76. The summed E-state index contributed by atoms with van der Waals surface area (Å²) in [7, 11) is 0. The smallest absolute Gasteiger partial charge is 0.317 e. The van der Waals surface area contributed by atoms with Crippen LogP contribution in [0.1, 0.15) is 51.4 Å². The van der Waals surface area contributed by atoms with Gasteiger partial charge >= 0.3 is 23.9 Å². The summed E-state index contributed by atoms with van der Waals surface area (Å²) in [6.07, 6.45) is -0.740. The Morgan fingerprint density at radius 2 is 0.526 bits per heavy atom. The first kappa shape index (κ1) is 70.3. The summed E-state index contributed by atoms with van der Waals surface area (Å²) in [6.45, 7) is 4.65. The van der Waals surface area contributed by atoms with Gasteiger partial charge in [0, 0.05) is 111 Å². The second-order valence-corrected chi connectivity index (χ2v) is 16.5. The van der Waals surface area contributed by atoms with Crippen LogP contribution in [0, 0.1) is 0 Å². The van der Waals surface area contributed by atoms with E-state index >= 15 is 0 Å². The van der Waals surface area contributed by atoms with Crippen LogP contribution >= 0.6 is 0 Å². The van der Waals surface area contributed by atoms with Crippen molar-refractivity contribution in [3.63, 3.8) is 0 Å². The molecule has 0 aromatic rings. The normalized spacial score (nSPS) is 11.1. The number of rotatable bonds is 54. The second kappa shape index (κ2) is 48.9. The van der Waals surface area contributed by atoms with E-state index in [0.717, 1.165) is 0 Å². The summed E-state index contributed by atoms with van der Waals surface area (Å²) in [5.74, 6) is -6.37. The highest BCUT2D eigenvalue weighted by molar-refractivity contribution is 5.82. The van der Waals surface area contributed by atoms with Crippen LogP contribution in [0.3, 0.4) is 0 Å². The zero-order valence-corrected chi connectivity index (χ0v) is 43.6. The summed E-state index contributed by atoms with van der Waals surface area (Å²) in [4.78, 5) is 121. The van der Waals surface area contributed by atoms with Gasteiger partial charge in [-0.2, -0.15) is 0 Å². The van der Waals surface area contributed by atoms with Crippen LogP contribution in [0.5, 0.6) is 0 Å². The molecule has 11 N–H and O–H groups in total. The maximum absolute atomic E-state index is 12.8. The Hall–Kier alpha value is -5.70. The molecule has 0 aromatic heterocycles. The van der Waals surface area contributed by atoms with Gasteiger partial charge in [-0.3, -0.25) is 62.6 Å². The molecule has 0 saturated heterocycles. The number of carbonyl (C=O) groups is 10. The molecule has 30 heteroatoms. The highest BCUT2D eigenvalue weighted by Crippen LogP contribution is 1.96. The monoisotopic (exact) mass is 1100 g/mol. The van der Waals surface area contributed by atoms with Gasteiger partial charge in [0.05, 0.1) is 118 Å². The highest BCUT2D eigenvalue weighted by Gasteiger charge is 2.15. The van der Waals surface area contributed by atoms with Crippen LogP contribution in [0.4, 0.5) is 0 Å². The minimum atomic E-state index is -1.08. The first-order valence-electron chi connectivity index (χ1n) is 25.2. The van der Waals surface area contributed by atoms with Gasteiger partial charge < -0.3 is 85.9 Å². The first-order valence-corrected chi connectivity index (χ1v) is 25.2. The zero-order chi connectivity index (χ0) is 56.4. The molecule has 438 valence electrons. The Morgan fingerprint density at radius 1 is 0.289 bits per heavy atom. The predicted octanol–water partition coefficient (Wildman–Crippen LogP) is -4.86. The number of amides is 6. The standard InChI is InChI=1S/C46H83N9O21/c56-21-1-2-37(57)47-9-22-71-28-15-53(16-29-72-23-10-48-38(58)3-6-43(63)64)34-41(61)51-13-26-75-32-19-55(36-46(69)70)20-33-76-27-14-52-42(62)35-54(17-30-73-24-11-49-39(59)4-7-44(65)66)18-31-74-25-12-50-40(60)5-8-45(67)68/h56H,1-36H2,(H,47,57)(H,48,58)(H,49,59)(H,50,60)(H,51,61)(H,52,62)(H,63,64)(H,65,66)(H,67,68)(H,69,70). The minimum absolute atomic E-state index is 0.00687. The third-order valence-electron chi connectivity index (χ3n) is 10.1. The lowest BCUT2D eigenvalue weighted by molar-refractivity contribution is -0.139. The van der Waals surface area contributed by atoms with Crippen LogP contribution in [0.25, 0.3) is 0 Å². The SMILES string of the molecule is O=C(O)CCC(=O)NCCOCCN(CCOCCNC(=O)CCCO)CC(=O)NCCOCCN(CCOCCNC(=O)CN(CCOCCNC(=O)CCC(=O)O)CCOCCNC(=O)CCC(=O)O)CC(=O)O. The molecular formula is C46H83N9O21. The van der Waals surface area contributed by atoms with E-state index < -0.39 is 41.6 Å². The summed E-state index contributed by atoms with van der Waals surface area (Å²) in [6, 6.07) is 0. The molecule has 6 amide bonds. The van der Waals surface area contributed by atoms with Crippen molar-refractivity contribution in [2.45, 2.75) is 51.4 Å². The third kappa shape index (κ3) is 49.2. The largest absolute Gasteiger partial charge is 0.481 e. The molecule has 0 radical (unpaired) electrons. The van der Waals surface area contributed by atoms with E-state index in [2.05, 4.69) is 31.9 Å². The lowest BCUT2D eigenvalue weighted by Gasteiger charge is -2.22. The Bertz CT molecular complexity index is 1630. The molecule has 0 bridgehead atoms. The van der Waals surface area contributed by atoms with E-state index in [1.165, 1.54) is 0 Å². The van der Waals surface area contributed by atoms with E-state index in [1.807, 2.05) is 0 Å². The second-order valence-electron chi connectivity index (χ2n) is 16.5. The molecule has 0 spiro atoms. The van der Waals surface area contributed by atoms with Crippen molar-refractivity contribution in [2.75, 3.05) is 184 Å². The predicted molar refractivity (Wildman–Crippen MR) is 267 cm³/mol. The van der Waals surface area contributed by atoms with Gasteiger partial charge in [0.1, 0.15) is 0 Å². The van der Waals surface area contributed by atoms with E-state index in [9.17, 15) is 53.1 Å². The van der Waals surface area contributed by atoms with Crippen molar-refractivity contribution in [1.82, 2.24) is 46.6 Å². The molecule has 0 aliphatic rings. The quantitative estimate of drug-likeness (QED) is 0.0254. The summed E-state index contributed by atoms with van der Waals surface area (Å²) in [5.41, 5.74) is 0. The van der Waals surface area contributed by atoms with Gasteiger partial charge in [-0.25, -0.2) is 0 Å². The number of carbonyl (C=O) groups excluding carboxylic acids is 6. The van der Waals surface area contributed by atoms with Crippen molar-refractivity contribution >= 4 is 59.3 Å². The molecule has 0 aromatic carbocycles. The third-order valence-corrected chi connectivity index (χ3v) is 10.1. The van der Waals surface area contributed by atoms with Crippen LogP contribution in [-0.2, 0) is 76.4 Å². The van der Waals surface area contributed by atoms with Gasteiger partial charge in [0.25, 0.3) is 0 Å². The van der Waals surface area contributed by atoms with Gasteiger partial charge in [0.15, 0.2) is 0 Å². The molecular weight excluding hydrogens is 1010 g/mol. The number of carboxylic acid groups (broad SMARTS) is 4. The number of ether oxygens (including phenoxy) is 6. The fourth-order valence-corrected chi connectivity index (χ4v) is 6.12. The molecule has 0 rings (SSSR count). The number of carboxylic acids is 4. The Morgan fingerprint density at radius 3 is 0.763 bits per heavy atom. The molecule has 0 aliphatic carbocycles. The van der Waals surface area contributed by atoms with Crippen molar-refractivity contribution in [3.8, 4) is 0 Å². The van der Waals surface area contributed by atoms with Crippen LogP contribution in [0.2, 0.25) is 0 Å². The lowest BCUT2D eigenvalue weighted by Crippen LogP contribution is -2.42. The van der Waals surface area contributed by atoms with E-state index in [4.69, 9.17) is 48.8 Å². The average Bonchev–Trinajstić information content (AvgIpc) is 3.36. The minimum Gasteiger partial charge on any atom is -0.481 e. The number of aliphatic carboxylic acids is 4. The van der Waals surface area contributed by atoms with Gasteiger partial charge in [-0.05, 0) is 6.42 Å². The van der Waals surface area contributed by atoms with Crippen molar-refractivity contribution in [2.24, 2.45) is 0 Å². The number of aliphatic hydroxyl groups is 1. The molecule has 76 heavy (non-hydrogen) atoms. The fraction of sp³-hybridized carbons (Fsp3) is 0.783. The zero-order valence-electron chi connectivity index (χ0n) is 43.6. The number of nitrogens with zero attached hydrogens (tertiary/aromatic N) is 3. The fourth-order valence-electron chi connectivity index (χ4n) is 6.12. The van der Waals surface area contributed by atoms with Crippen molar-refractivity contribution in [3.05, 3.63) is 0 Å². The molecule has 0 aliphatic heterocycles. The lowest BCUT2D eigenvalue weighted by atomic mass is 10.3. The number of hydrogen-bond donors (Lipinski definition) is 11. The molecule has 0 atom stereocenters. The Kier molecular flexibility index (Phi) is 45.2. The molecule has 0 saturated carbocycles. The van der Waals surface area contributed by atoms with Crippen LogP contribution in [0.15, 0.2) is 0 Å². The molecule has 30 nitrogen and oxygen atoms in total. The number of nitrogens with one attached hydrogen (secondary N) is 6. The topological polar surface area (TPSA) is 409 Å². The number of aliphatic hydroxyl groups excluding tert-OH is 1. The van der Waals surface area contributed by atoms with Gasteiger partial charge in [0.2, 0.25) is 35.4 Å². The first-order chi connectivity index (χ1) is 36.5. The molecule has 0 heterocycles. The summed E-state index contributed by atoms with van der Waals surface area (Å²) < 4.78 is 33.6. The van der Waals surface area contributed by atoms with E-state index in [-0.39, 0.29) is 221 Å². The van der Waals surface area contributed by atoms with Gasteiger partial charge in [-0.15, -0.1) is 0 Å². The average molecular weight is 1100 g/mol. The van der Waals surface area contributed by atoms with E-state index in [1.54, 1.807) is 14.7 Å². The van der Waals surface area contributed by atoms with E-state index in [0.29, 0.717) is 32.6 Å². The number of hydrogen-bond acceptors (Lipinski definition) is 20. The van der Waals surface area contributed by atoms with Gasteiger partial charge in [-0.1, -0.05) is 0 Å². The van der Waals surface area contributed by atoms with Crippen molar-refractivity contribution in [1.29, 1.82) is 0 Å². The Labute approximate surface area is 442 Å². The maximum atomic E-state index is 12.8. The van der Waals surface area contributed by atoms with Crippen molar-refractivity contribution < 1.29 is 102 Å². The van der Waals surface area contributed by atoms with Crippen LogP contribution in [-0.4, -0.2) is 284 Å². The molecule has 0 fully saturated rings. The highest BCUT2D eigenvalue weighted by atomic mass is 16.5. The van der Waals surface area contributed by atoms with Crippen LogP contribution < -0.4 is 31.9 Å². The summed E-state index contributed by atoms with van der Waals surface area (Å²) >= 11 is 0. The summed E-state index contributed by atoms with van der Waals surface area (Å²) in [5, 5.41) is 60.3. The molecule has 0 unspecified atom stereocenters. The maximum Gasteiger partial charge on any atom is 0.317 e.